The molecule has 1 N–H and O–H groups in total. The highest BCUT2D eigenvalue weighted by Crippen LogP contribution is 2.47. The molecule has 3 aromatic heterocycles. The van der Waals surface area contributed by atoms with Crippen LogP contribution in [0.3, 0.4) is 0 Å². The van der Waals surface area contributed by atoms with E-state index in [-0.39, 0.29) is 31.3 Å². The average Bonchev–Trinajstić information content (AvgIpc) is 3.71. The van der Waals surface area contributed by atoms with Crippen molar-refractivity contribution in [1.29, 1.82) is 0 Å². The second-order valence-corrected chi connectivity index (χ2v) is 14.3. The van der Waals surface area contributed by atoms with E-state index in [0.29, 0.717) is 52.3 Å². The molecule has 1 atom stereocenters. The highest BCUT2D eigenvalue weighted by Gasteiger charge is 2.54. The maximum Gasteiger partial charge on any atom is 0.421 e. The number of piperidine rings is 1. The topological polar surface area (TPSA) is 156 Å². The van der Waals surface area contributed by atoms with Crippen LogP contribution in [0, 0.1) is 0 Å². The van der Waals surface area contributed by atoms with Crippen LogP contribution in [-0.4, -0.2) is 69.8 Å². The summed E-state index contributed by atoms with van der Waals surface area (Å²) in [6.07, 6.45) is 2.11. The van der Waals surface area contributed by atoms with Gasteiger partial charge in [-0.25, -0.2) is 34.1 Å². The fourth-order valence-electron chi connectivity index (χ4n) is 6.40. The number of carbonyl (C=O) groups excluding carboxylic acids is 3. The van der Waals surface area contributed by atoms with E-state index < -0.39 is 28.9 Å². The number of carbonyl (C=O) groups is 3. The number of amides is 2. The lowest BCUT2D eigenvalue weighted by Gasteiger charge is -2.39. The van der Waals surface area contributed by atoms with Gasteiger partial charge in [0.1, 0.15) is 65.2 Å². The maximum atomic E-state index is 13.6. The number of rotatable bonds is 4. The third-order valence-electron chi connectivity index (χ3n) is 8.42. The molecule has 1 spiro atoms. The second kappa shape index (κ2) is 11.6. The van der Waals surface area contributed by atoms with Crippen molar-refractivity contribution in [2.75, 3.05) is 6.54 Å². The molecule has 14 heteroatoms. The van der Waals surface area contributed by atoms with Gasteiger partial charge in [0.2, 0.25) is 5.91 Å². The Kier molecular flexibility index (Phi) is 7.56. The van der Waals surface area contributed by atoms with E-state index in [2.05, 4.69) is 20.3 Å². The molecule has 254 valence electrons. The van der Waals surface area contributed by atoms with Crippen LogP contribution < -0.4 is 10.1 Å². The number of fused-ring (bicyclic) bond motifs is 5. The van der Waals surface area contributed by atoms with Gasteiger partial charge in [-0.3, -0.25) is 9.69 Å². The number of imidazole rings is 2. The zero-order valence-corrected chi connectivity index (χ0v) is 28.3. The van der Waals surface area contributed by atoms with Gasteiger partial charge in [-0.05, 0) is 65.7 Å². The summed E-state index contributed by atoms with van der Waals surface area (Å²) in [6.45, 7) is 11.5. The standard InChI is InChI=1S/C35H38N8O6/c1-33(2,3)48-31(45)41-19-39-27-25(37-18-38-29(27)41)22-12-13-23-26(28(22)47-17-21-10-8-7-9-11-21)40-30-35(14-15-36-24(44)16-35)43(20-42(23)30)32(46)49-34(4,5)6/h7-13,18-19H,14-17,20H2,1-6H3,(H,36,44)/t35-/m1/s1. The summed E-state index contributed by atoms with van der Waals surface area (Å²) >= 11 is 0. The van der Waals surface area contributed by atoms with E-state index in [1.165, 1.54) is 17.2 Å². The molecule has 1 fully saturated rings. The van der Waals surface area contributed by atoms with E-state index in [4.69, 9.17) is 19.2 Å². The van der Waals surface area contributed by atoms with Gasteiger partial charge >= 0.3 is 12.2 Å². The van der Waals surface area contributed by atoms with Crippen molar-refractivity contribution in [3.63, 3.8) is 0 Å². The molecular formula is C35H38N8O6. The van der Waals surface area contributed by atoms with Crippen LogP contribution in [0.1, 0.15) is 65.8 Å². The molecule has 2 aromatic carbocycles. The minimum atomic E-state index is -1.02. The molecule has 0 saturated carbocycles. The largest absolute Gasteiger partial charge is 0.486 e. The monoisotopic (exact) mass is 666 g/mol. The zero-order valence-electron chi connectivity index (χ0n) is 28.3. The lowest BCUT2D eigenvalue weighted by molar-refractivity contribution is -0.126. The van der Waals surface area contributed by atoms with E-state index in [9.17, 15) is 14.4 Å². The molecule has 5 aromatic rings. The fourth-order valence-corrected chi connectivity index (χ4v) is 6.40. The van der Waals surface area contributed by atoms with Crippen molar-refractivity contribution in [2.24, 2.45) is 0 Å². The van der Waals surface area contributed by atoms with Crippen molar-refractivity contribution in [3.05, 3.63) is 66.5 Å². The lowest BCUT2D eigenvalue weighted by Crippen LogP contribution is -2.54. The zero-order chi connectivity index (χ0) is 34.7. The molecule has 0 bridgehead atoms. The maximum absolute atomic E-state index is 13.6. The Hall–Kier alpha value is -5.53. The first kappa shape index (κ1) is 32.0. The van der Waals surface area contributed by atoms with Crippen molar-refractivity contribution in [1.82, 2.24) is 39.3 Å². The minimum Gasteiger partial charge on any atom is -0.486 e. The predicted octanol–water partition coefficient (Wildman–Crippen LogP) is 5.52. The smallest absolute Gasteiger partial charge is 0.421 e. The van der Waals surface area contributed by atoms with Gasteiger partial charge in [0.05, 0.1) is 11.9 Å². The van der Waals surface area contributed by atoms with Crippen LogP contribution in [0.4, 0.5) is 9.59 Å². The van der Waals surface area contributed by atoms with Crippen LogP contribution in [0.5, 0.6) is 5.75 Å². The summed E-state index contributed by atoms with van der Waals surface area (Å²) in [6, 6.07) is 13.5. The van der Waals surface area contributed by atoms with Gasteiger partial charge in [-0.2, -0.15) is 0 Å². The van der Waals surface area contributed by atoms with Crippen LogP contribution in [-0.2, 0) is 33.1 Å². The van der Waals surface area contributed by atoms with Gasteiger partial charge in [-0.1, -0.05) is 30.3 Å². The molecule has 1 saturated heterocycles. The summed E-state index contributed by atoms with van der Waals surface area (Å²) in [5.41, 5.74) is 1.40. The van der Waals surface area contributed by atoms with E-state index in [0.717, 1.165) is 5.56 Å². The van der Waals surface area contributed by atoms with Gasteiger partial charge in [0, 0.05) is 12.1 Å². The van der Waals surface area contributed by atoms with Crippen molar-refractivity contribution in [3.8, 4) is 17.0 Å². The summed E-state index contributed by atoms with van der Waals surface area (Å²) in [5.74, 6) is 0.840. The number of ether oxygens (including phenoxy) is 3. The molecule has 49 heavy (non-hydrogen) atoms. The van der Waals surface area contributed by atoms with Crippen LogP contribution in [0.15, 0.2) is 55.1 Å². The average molecular weight is 667 g/mol. The lowest BCUT2D eigenvalue weighted by atomic mass is 9.86. The fraction of sp³-hybridized carbons (Fsp3) is 0.400. The minimum absolute atomic E-state index is 0.0389. The molecule has 2 amide bonds. The molecule has 2 aliphatic rings. The Balaban J connectivity index is 1.39. The summed E-state index contributed by atoms with van der Waals surface area (Å²) < 4.78 is 21.2. The number of hydrogen-bond acceptors (Lipinski definition) is 10. The Bertz CT molecular complexity index is 2110. The number of hydrogen-bond donors (Lipinski definition) is 1. The van der Waals surface area contributed by atoms with Crippen molar-refractivity contribution >= 4 is 40.3 Å². The second-order valence-electron chi connectivity index (χ2n) is 14.3. The van der Waals surface area contributed by atoms with Crippen molar-refractivity contribution in [2.45, 2.75) is 84.4 Å². The quantitative estimate of drug-likeness (QED) is 0.259. The van der Waals surface area contributed by atoms with Gasteiger partial charge in [-0.15, -0.1) is 0 Å². The van der Waals surface area contributed by atoms with Gasteiger partial charge in [0.25, 0.3) is 0 Å². The van der Waals surface area contributed by atoms with E-state index >= 15 is 0 Å². The number of benzene rings is 2. The van der Waals surface area contributed by atoms with Crippen LogP contribution in [0.2, 0.25) is 0 Å². The third kappa shape index (κ3) is 5.80. The molecule has 7 rings (SSSR count). The first-order valence-electron chi connectivity index (χ1n) is 16.1. The van der Waals surface area contributed by atoms with Crippen LogP contribution in [0.25, 0.3) is 33.5 Å². The highest BCUT2D eigenvalue weighted by atomic mass is 16.6. The Morgan fingerprint density at radius 1 is 0.918 bits per heavy atom. The third-order valence-corrected chi connectivity index (χ3v) is 8.42. The van der Waals surface area contributed by atoms with Gasteiger partial charge in [0.15, 0.2) is 11.4 Å². The Labute approximate surface area is 282 Å². The molecule has 0 unspecified atom stereocenters. The number of nitrogens with one attached hydrogen (secondary N) is 1. The first-order chi connectivity index (χ1) is 23.2. The van der Waals surface area contributed by atoms with E-state index in [1.54, 1.807) is 25.7 Å². The normalized spacial score (nSPS) is 17.8. The molecule has 0 radical (unpaired) electrons. The Morgan fingerprint density at radius 3 is 2.37 bits per heavy atom. The van der Waals surface area contributed by atoms with Gasteiger partial charge < -0.3 is 24.1 Å². The van der Waals surface area contributed by atoms with Crippen molar-refractivity contribution < 1.29 is 28.6 Å². The molecule has 5 heterocycles. The summed E-state index contributed by atoms with van der Waals surface area (Å²) in [7, 11) is 0. The summed E-state index contributed by atoms with van der Waals surface area (Å²) in [4.78, 5) is 59.8. The first-order valence-corrected chi connectivity index (χ1v) is 16.1. The molecule has 14 nitrogen and oxygen atoms in total. The molecule has 0 aliphatic carbocycles. The number of aromatic nitrogens is 6. The highest BCUT2D eigenvalue weighted by molar-refractivity contribution is 5.98. The molecule has 2 aliphatic heterocycles. The predicted molar refractivity (Wildman–Crippen MR) is 178 cm³/mol. The molecular weight excluding hydrogens is 628 g/mol. The SMILES string of the molecule is CC(C)(C)OC(=O)N1Cn2c(nc3c(OCc4ccccc4)c(-c4ncnc5c4ncn5C(=O)OC(C)(C)C)ccc32)[C@]12CCNC(=O)C2. The summed E-state index contributed by atoms with van der Waals surface area (Å²) in [5, 5.41) is 2.89. The number of nitrogens with zero attached hydrogens (tertiary/aromatic N) is 7. The Morgan fingerprint density at radius 2 is 1.65 bits per heavy atom. The van der Waals surface area contributed by atoms with Crippen LogP contribution >= 0.6 is 0 Å². The van der Waals surface area contributed by atoms with E-state index in [1.807, 2.05) is 67.8 Å².